The van der Waals surface area contributed by atoms with Crippen LogP contribution in [0, 0.1) is 6.92 Å². The van der Waals surface area contributed by atoms with Gasteiger partial charge in [-0.15, -0.1) is 0 Å². The van der Waals surface area contributed by atoms with E-state index in [4.69, 9.17) is 25.8 Å². The summed E-state index contributed by atoms with van der Waals surface area (Å²) in [5.41, 5.74) is 2.17. The number of halogens is 1. The first-order chi connectivity index (χ1) is 13.5. The molecule has 0 saturated carbocycles. The molecule has 1 saturated heterocycles. The lowest BCUT2D eigenvalue weighted by molar-refractivity contribution is -0.0811. The Morgan fingerprint density at radius 3 is 2.64 bits per heavy atom. The molecule has 1 aliphatic rings. The summed E-state index contributed by atoms with van der Waals surface area (Å²) >= 11 is 6.30. The first kappa shape index (κ1) is 20.5. The highest BCUT2D eigenvalue weighted by Crippen LogP contribution is 2.36. The quantitative estimate of drug-likeness (QED) is 0.827. The molecule has 0 aromatic heterocycles. The lowest BCUT2D eigenvalue weighted by Crippen LogP contribution is -2.49. The second kappa shape index (κ2) is 8.82. The van der Waals surface area contributed by atoms with Gasteiger partial charge in [-0.3, -0.25) is 4.79 Å². The maximum Gasteiger partial charge on any atom is 0.256 e. The highest BCUT2D eigenvalue weighted by Gasteiger charge is 2.37. The van der Waals surface area contributed by atoms with Crippen molar-refractivity contribution in [3.05, 3.63) is 58.1 Å². The van der Waals surface area contributed by atoms with Gasteiger partial charge in [0.2, 0.25) is 0 Å². The molecule has 0 radical (unpaired) electrons. The Balaban J connectivity index is 2.04. The van der Waals surface area contributed by atoms with Crippen molar-refractivity contribution >= 4 is 17.5 Å². The zero-order chi connectivity index (χ0) is 20.3. The molecule has 7 heteroatoms. The fourth-order valence-corrected chi connectivity index (χ4v) is 3.70. The van der Waals surface area contributed by atoms with Gasteiger partial charge in [0.25, 0.3) is 5.91 Å². The van der Waals surface area contributed by atoms with Crippen molar-refractivity contribution in [1.29, 1.82) is 0 Å². The van der Waals surface area contributed by atoms with Crippen LogP contribution in [-0.4, -0.2) is 56.0 Å². The molecular weight excluding hydrogens is 382 g/mol. The van der Waals surface area contributed by atoms with Gasteiger partial charge in [-0.2, -0.15) is 0 Å². The molecule has 28 heavy (non-hydrogen) atoms. The molecule has 1 heterocycles. The Hall–Kier alpha value is -2.28. The lowest BCUT2D eigenvalue weighted by Gasteiger charge is -2.41. The minimum Gasteiger partial charge on any atom is -0.493 e. The number of hydrogen-bond acceptors (Lipinski definition) is 5. The summed E-state index contributed by atoms with van der Waals surface area (Å²) in [6.07, 6.45) is -0.556. The number of aryl methyl sites for hydroxylation is 1. The lowest BCUT2D eigenvalue weighted by atomic mass is 9.96. The SMILES string of the molecule is COc1ccc([C@@H]2[C@@H](CO)OCCN2C(=O)c2cc(C)ccc2Cl)cc1OC. The van der Waals surface area contributed by atoms with Crippen molar-refractivity contribution in [2.75, 3.05) is 34.0 Å². The van der Waals surface area contributed by atoms with E-state index in [1.807, 2.05) is 19.1 Å². The predicted octanol–water partition coefficient (Wildman–Crippen LogP) is 3.24. The highest BCUT2D eigenvalue weighted by atomic mass is 35.5. The van der Waals surface area contributed by atoms with E-state index in [2.05, 4.69) is 0 Å². The van der Waals surface area contributed by atoms with E-state index >= 15 is 0 Å². The molecule has 0 unspecified atom stereocenters. The number of carbonyl (C=O) groups excluding carboxylic acids is 1. The van der Waals surface area contributed by atoms with Gasteiger partial charge in [-0.25, -0.2) is 0 Å². The van der Waals surface area contributed by atoms with Crippen LogP contribution in [0.5, 0.6) is 11.5 Å². The van der Waals surface area contributed by atoms with Crippen LogP contribution in [0.4, 0.5) is 0 Å². The second-order valence-corrected chi connectivity index (χ2v) is 7.04. The maximum atomic E-state index is 13.3. The molecule has 0 aliphatic carbocycles. The van der Waals surface area contributed by atoms with Crippen molar-refractivity contribution in [2.45, 2.75) is 19.1 Å². The zero-order valence-electron chi connectivity index (χ0n) is 16.1. The number of morpholine rings is 1. The molecular formula is C21H24ClNO5. The number of amides is 1. The van der Waals surface area contributed by atoms with Gasteiger partial charge in [0.1, 0.15) is 6.10 Å². The van der Waals surface area contributed by atoms with Gasteiger partial charge in [-0.05, 0) is 36.8 Å². The van der Waals surface area contributed by atoms with Crippen LogP contribution in [0.25, 0.3) is 0 Å². The summed E-state index contributed by atoms with van der Waals surface area (Å²) in [6, 6.07) is 10.3. The van der Waals surface area contributed by atoms with Crippen LogP contribution in [0.3, 0.4) is 0 Å². The van der Waals surface area contributed by atoms with E-state index in [-0.39, 0.29) is 12.5 Å². The predicted molar refractivity (Wildman–Crippen MR) is 106 cm³/mol. The molecule has 1 fully saturated rings. The number of methoxy groups -OCH3 is 2. The van der Waals surface area contributed by atoms with Gasteiger partial charge in [-0.1, -0.05) is 29.3 Å². The van der Waals surface area contributed by atoms with Crippen LogP contribution < -0.4 is 9.47 Å². The molecule has 3 rings (SSSR count). The van der Waals surface area contributed by atoms with E-state index in [1.165, 1.54) is 0 Å². The number of hydrogen-bond donors (Lipinski definition) is 1. The second-order valence-electron chi connectivity index (χ2n) is 6.63. The summed E-state index contributed by atoms with van der Waals surface area (Å²) < 4.78 is 16.4. The average Bonchev–Trinajstić information content (AvgIpc) is 2.73. The van der Waals surface area contributed by atoms with Crippen molar-refractivity contribution in [3.8, 4) is 11.5 Å². The van der Waals surface area contributed by atoms with Crippen LogP contribution in [0.2, 0.25) is 5.02 Å². The summed E-state index contributed by atoms with van der Waals surface area (Å²) in [5.74, 6) is 0.932. The van der Waals surface area contributed by atoms with E-state index in [9.17, 15) is 9.90 Å². The molecule has 1 N–H and O–H groups in total. The van der Waals surface area contributed by atoms with Gasteiger partial charge in [0.05, 0.1) is 44.1 Å². The van der Waals surface area contributed by atoms with Crippen molar-refractivity contribution < 1.29 is 24.1 Å². The van der Waals surface area contributed by atoms with Crippen molar-refractivity contribution in [1.82, 2.24) is 4.90 Å². The third kappa shape index (κ3) is 3.94. The fraction of sp³-hybridized carbons (Fsp3) is 0.381. The molecule has 6 nitrogen and oxygen atoms in total. The molecule has 2 aromatic rings. The Morgan fingerprint density at radius 1 is 1.21 bits per heavy atom. The van der Waals surface area contributed by atoms with E-state index in [0.29, 0.717) is 35.2 Å². The van der Waals surface area contributed by atoms with Gasteiger partial charge >= 0.3 is 0 Å². The van der Waals surface area contributed by atoms with Gasteiger partial charge in [0, 0.05) is 6.54 Å². The van der Waals surface area contributed by atoms with Crippen LogP contribution in [-0.2, 0) is 4.74 Å². The highest BCUT2D eigenvalue weighted by molar-refractivity contribution is 6.33. The third-order valence-corrected chi connectivity index (χ3v) is 5.22. The number of carbonyl (C=O) groups is 1. The van der Waals surface area contributed by atoms with Crippen LogP contribution in [0.15, 0.2) is 36.4 Å². The minimum atomic E-state index is -0.556. The smallest absolute Gasteiger partial charge is 0.256 e. The Bertz CT molecular complexity index is 857. The molecule has 1 aliphatic heterocycles. The average molecular weight is 406 g/mol. The normalized spacial score (nSPS) is 19.4. The zero-order valence-corrected chi connectivity index (χ0v) is 16.9. The largest absolute Gasteiger partial charge is 0.493 e. The molecule has 2 aromatic carbocycles. The topological polar surface area (TPSA) is 68.2 Å². The summed E-state index contributed by atoms with van der Waals surface area (Å²) in [4.78, 5) is 15.0. The summed E-state index contributed by atoms with van der Waals surface area (Å²) in [6.45, 7) is 2.42. The summed E-state index contributed by atoms with van der Waals surface area (Å²) in [7, 11) is 3.12. The first-order valence-electron chi connectivity index (χ1n) is 9.01. The fourth-order valence-electron chi connectivity index (χ4n) is 3.50. The molecule has 1 amide bonds. The third-order valence-electron chi connectivity index (χ3n) is 4.89. The monoisotopic (exact) mass is 405 g/mol. The van der Waals surface area contributed by atoms with E-state index in [1.54, 1.807) is 43.4 Å². The maximum absolute atomic E-state index is 13.3. The number of aliphatic hydroxyl groups is 1. The first-order valence-corrected chi connectivity index (χ1v) is 9.39. The number of benzene rings is 2. The Morgan fingerprint density at radius 2 is 1.96 bits per heavy atom. The number of aliphatic hydroxyl groups excluding tert-OH is 1. The van der Waals surface area contributed by atoms with Gasteiger partial charge < -0.3 is 24.2 Å². The van der Waals surface area contributed by atoms with E-state index in [0.717, 1.165) is 11.1 Å². The van der Waals surface area contributed by atoms with Crippen LogP contribution >= 0.6 is 11.6 Å². The number of rotatable bonds is 5. The number of nitrogens with zero attached hydrogens (tertiary/aromatic N) is 1. The number of ether oxygens (including phenoxy) is 3. The summed E-state index contributed by atoms with van der Waals surface area (Å²) in [5, 5.41) is 10.3. The molecule has 0 spiro atoms. The van der Waals surface area contributed by atoms with Crippen molar-refractivity contribution in [3.63, 3.8) is 0 Å². The minimum absolute atomic E-state index is 0.199. The molecule has 2 atom stereocenters. The molecule has 150 valence electrons. The molecule has 0 bridgehead atoms. The van der Waals surface area contributed by atoms with Crippen molar-refractivity contribution in [2.24, 2.45) is 0 Å². The Labute approximate surface area is 169 Å². The van der Waals surface area contributed by atoms with E-state index < -0.39 is 12.1 Å². The van der Waals surface area contributed by atoms with Crippen LogP contribution in [0.1, 0.15) is 27.5 Å². The van der Waals surface area contributed by atoms with Gasteiger partial charge in [0.15, 0.2) is 11.5 Å². The Kier molecular flexibility index (Phi) is 6.44. The standard InChI is InChI=1S/C21H24ClNO5/c1-13-4-6-16(22)15(10-13)21(25)23-8-9-28-19(12-24)20(23)14-5-7-17(26-2)18(11-14)27-3/h4-7,10-11,19-20,24H,8-9,12H2,1-3H3/t19-,20-/m1/s1.